The molecule has 0 aromatic heterocycles. The molecule has 16 heteroatoms. The molecule has 0 amide bonds. The van der Waals surface area contributed by atoms with E-state index in [0.29, 0.717) is 50.3 Å². The molecule has 0 fully saturated rings. The monoisotopic (exact) mass is 679 g/mol. The summed E-state index contributed by atoms with van der Waals surface area (Å²) in [7, 11) is -7.21. The highest BCUT2D eigenvalue weighted by atomic mass is 32.2. The number of nitrogen functional groups attached to an aromatic ring is 1. The highest BCUT2D eigenvalue weighted by Gasteiger charge is 2.15. The number of aliphatic hydroxyl groups excluding tert-OH is 1. The lowest BCUT2D eigenvalue weighted by Gasteiger charge is -2.10. The zero-order valence-electron chi connectivity index (χ0n) is 24.8. The van der Waals surface area contributed by atoms with Gasteiger partial charge in [-0.15, -0.1) is 10.2 Å². The maximum absolute atomic E-state index is 12.0. The number of hydrogen-bond acceptors (Lipinski definition) is 12. The van der Waals surface area contributed by atoms with Crippen LogP contribution in [0.1, 0.15) is 12.0 Å². The molecule has 47 heavy (non-hydrogen) atoms. The first-order chi connectivity index (χ1) is 22.4. The van der Waals surface area contributed by atoms with Gasteiger partial charge in [0, 0.05) is 27.8 Å². The van der Waals surface area contributed by atoms with E-state index in [1.54, 1.807) is 36.4 Å². The fraction of sp³-hybridized carbons (Fsp3) is 0.161. The van der Waals surface area contributed by atoms with E-state index < -0.39 is 26.0 Å². The molecule has 0 radical (unpaired) electrons. The minimum absolute atomic E-state index is 0.0685. The fourth-order valence-corrected chi connectivity index (χ4v) is 5.71. The van der Waals surface area contributed by atoms with Gasteiger partial charge in [0.25, 0.3) is 20.2 Å². The van der Waals surface area contributed by atoms with Crippen LogP contribution in [-0.2, 0) is 26.8 Å². The summed E-state index contributed by atoms with van der Waals surface area (Å²) in [5, 5.41) is 29.4. The first kappa shape index (κ1) is 33.4. The van der Waals surface area contributed by atoms with Crippen molar-refractivity contribution in [2.45, 2.75) is 17.9 Å². The minimum Gasteiger partial charge on any atom is -0.495 e. The summed E-state index contributed by atoms with van der Waals surface area (Å²) < 4.78 is 75.6. The van der Waals surface area contributed by atoms with E-state index in [1.807, 2.05) is 12.1 Å². The lowest BCUT2D eigenvalue weighted by Crippen LogP contribution is -2.08. The van der Waals surface area contributed by atoms with Crippen LogP contribution in [0.3, 0.4) is 0 Å². The third kappa shape index (κ3) is 8.05. The molecule has 0 saturated heterocycles. The largest absolute Gasteiger partial charge is 0.495 e. The molecule has 0 aliphatic rings. The quantitative estimate of drug-likeness (QED) is 0.0466. The van der Waals surface area contributed by atoms with Gasteiger partial charge in [-0.25, -0.2) is 0 Å². The van der Waals surface area contributed by atoms with Crippen LogP contribution in [0, 0.1) is 0 Å². The molecule has 5 rings (SSSR count). The van der Waals surface area contributed by atoms with Crippen LogP contribution in [0.2, 0.25) is 0 Å². The third-order valence-electron chi connectivity index (χ3n) is 7.01. The van der Waals surface area contributed by atoms with Crippen LogP contribution in [0.4, 0.5) is 28.4 Å². The molecule has 0 atom stereocenters. The van der Waals surface area contributed by atoms with Crippen LogP contribution < -0.4 is 15.2 Å². The van der Waals surface area contributed by atoms with Gasteiger partial charge in [0.15, 0.2) is 0 Å². The SMILES string of the molecule is COc1cc(N=Nc2ccc(N=Nc3ccc4cccc(OCCCS(=O)(=O)O)c4c3)c3ccc(S(=O)(=O)O)cc23)c(CO)cc1N. The molecule has 14 nitrogen and oxygen atoms in total. The van der Waals surface area contributed by atoms with Crippen molar-refractivity contribution < 1.29 is 40.5 Å². The van der Waals surface area contributed by atoms with E-state index in [9.17, 15) is 26.5 Å². The second-order valence-corrected chi connectivity index (χ2v) is 13.2. The summed E-state index contributed by atoms with van der Waals surface area (Å²) in [6.07, 6.45) is 0.104. The Morgan fingerprint density at radius 3 is 2.17 bits per heavy atom. The Morgan fingerprint density at radius 2 is 1.47 bits per heavy atom. The molecule has 0 bridgehead atoms. The number of nitrogens with zero attached hydrogens (tertiary/aromatic N) is 4. The van der Waals surface area contributed by atoms with E-state index in [0.717, 1.165) is 5.39 Å². The maximum Gasteiger partial charge on any atom is 0.294 e. The van der Waals surface area contributed by atoms with E-state index in [1.165, 1.54) is 37.4 Å². The third-order valence-corrected chi connectivity index (χ3v) is 8.66. The van der Waals surface area contributed by atoms with Crippen molar-refractivity contribution in [3.8, 4) is 11.5 Å². The maximum atomic E-state index is 12.0. The number of methoxy groups -OCH3 is 1. The highest BCUT2D eigenvalue weighted by Crippen LogP contribution is 2.38. The highest BCUT2D eigenvalue weighted by molar-refractivity contribution is 7.86. The number of aliphatic hydroxyl groups is 1. The number of fused-ring (bicyclic) bond motifs is 2. The second kappa shape index (κ2) is 13.8. The smallest absolute Gasteiger partial charge is 0.294 e. The Kier molecular flexibility index (Phi) is 9.78. The average Bonchev–Trinajstić information content (AvgIpc) is 3.04. The summed E-state index contributed by atoms with van der Waals surface area (Å²) in [5.74, 6) is 0.405. The van der Waals surface area contributed by atoms with Crippen LogP contribution >= 0.6 is 0 Å². The van der Waals surface area contributed by atoms with Gasteiger partial charge in [-0.2, -0.15) is 27.1 Å². The van der Waals surface area contributed by atoms with Crippen molar-refractivity contribution >= 4 is 70.2 Å². The number of anilines is 1. The van der Waals surface area contributed by atoms with Crippen molar-refractivity contribution in [2.75, 3.05) is 25.2 Å². The van der Waals surface area contributed by atoms with Crippen LogP contribution in [0.15, 0.2) is 104 Å². The van der Waals surface area contributed by atoms with E-state index in [2.05, 4.69) is 20.5 Å². The molecule has 0 saturated carbocycles. The average molecular weight is 680 g/mol. The zero-order valence-corrected chi connectivity index (χ0v) is 26.4. The van der Waals surface area contributed by atoms with Crippen molar-refractivity contribution in [3.63, 3.8) is 0 Å². The van der Waals surface area contributed by atoms with Gasteiger partial charge in [-0.05, 0) is 60.3 Å². The molecule has 5 aromatic carbocycles. The lowest BCUT2D eigenvalue weighted by molar-refractivity contribution is 0.282. The van der Waals surface area contributed by atoms with E-state index in [-0.39, 0.29) is 35.9 Å². The van der Waals surface area contributed by atoms with Crippen molar-refractivity contribution in [1.82, 2.24) is 0 Å². The molecular formula is C31H29N5O9S2. The number of hydrogen-bond donors (Lipinski definition) is 4. The predicted molar refractivity (Wildman–Crippen MR) is 176 cm³/mol. The molecule has 244 valence electrons. The second-order valence-electron chi connectivity index (χ2n) is 10.2. The number of azo groups is 2. The molecule has 5 aromatic rings. The first-order valence-corrected chi connectivity index (χ1v) is 17.0. The Morgan fingerprint density at radius 1 is 0.745 bits per heavy atom. The van der Waals surface area contributed by atoms with E-state index in [4.69, 9.17) is 19.8 Å². The van der Waals surface area contributed by atoms with Crippen molar-refractivity contribution in [1.29, 1.82) is 0 Å². The van der Waals surface area contributed by atoms with Gasteiger partial charge < -0.3 is 20.3 Å². The number of nitrogens with two attached hydrogens (primary N) is 1. The summed E-state index contributed by atoms with van der Waals surface area (Å²) in [6.45, 7) is -0.301. The van der Waals surface area contributed by atoms with Gasteiger partial charge in [-0.1, -0.05) is 24.3 Å². The molecule has 0 heterocycles. The summed E-state index contributed by atoms with van der Waals surface area (Å²) in [5.41, 5.74) is 7.98. The summed E-state index contributed by atoms with van der Waals surface area (Å²) in [4.78, 5) is -0.362. The Hall–Kier alpha value is -5.00. The molecule has 0 unspecified atom stereocenters. The van der Waals surface area contributed by atoms with Gasteiger partial charge in [0.05, 0.1) is 59.4 Å². The molecule has 0 spiro atoms. The summed E-state index contributed by atoms with van der Waals surface area (Å²) >= 11 is 0. The predicted octanol–water partition coefficient (Wildman–Crippen LogP) is 6.81. The lowest BCUT2D eigenvalue weighted by atomic mass is 10.1. The van der Waals surface area contributed by atoms with E-state index >= 15 is 0 Å². The Bertz CT molecular complexity index is 2260. The van der Waals surface area contributed by atoms with Crippen LogP contribution in [-0.4, -0.2) is 50.5 Å². The Labute approximate surface area is 269 Å². The van der Waals surface area contributed by atoms with Crippen LogP contribution in [0.5, 0.6) is 11.5 Å². The van der Waals surface area contributed by atoms with Gasteiger partial charge in [0.1, 0.15) is 11.5 Å². The summed E-state index contributed by atoms with van der Waals surface area (Å²) in [6, 6.07) is 20.9. The molecule has 5 N–H and O–H groups in total. The molecule has 0 aliphatic carbocycles. The number of benzene rings is 5. The molecule has 0 aliphatic heterocycles. The number of ether oxygens (including phenoxy) is 2. The Balaban J connectivity index is 1.51. The zero-order chi connectivity index (χ0) is 33.8. The fourth-order valence-electron chi connectivity index (χ4n) is 4.72. The van der Waals surface area contributed by atoms with Gasteiger partial charge >= 0.3 is 0 Å². The topological polar surface area (TPSA) is 223 Å². The van der Waals surface area contributed by atoms with Gasteiger partial charge in [0.2, 0.25) is 0 Å². The first-order valence-electron chi connectivity index (χ1n) is 13.9. The van der Waals surface area contributed by atoms with Crippen LogP contribution in [0.25, 0.3) is 21.5 Å². The minimum atomic E-state index is -4.56. The standard InChI is InChI=1S/C31H29N5O9S2/c1-44-31-17-29(20(18-37)14-26(31)32)36-35-28-11-10-27(23-9-8-22(16-25(23)28)47(41,42)43)34-33-21-7-6-19-4-2-5-30(24(19)15-21)45-12-3-13-46(38,39)40/h2,4-11,14-17,37H,3,12-13,18,32H2,1H3,(H,38,39,40)(H,41,42,43). The normalized spacial score (nSPS) is 12.4. The molecular weight excluding hydrogens is 651 g/mol. The number of rotatable bonds is 12. The van der Waals surface area contributed by atoms with Gasteiger partial charge in [-0.3, -0.25) is 9.11 Å². The van der Waals surface area contributed by atoms with Crippen molar-refractivity contribution in [3.05, 3.63) is 84.4 Å². The van der Waals surface area contributed by atoms with Crippen molar-refractivity contribution in [2.24, 2.45) is 20.5 Å².